The maximum atomic E-state index is 11.2. The van der Waals surface area contributed by atoms with E-state index in [0.717, 1.165) is 6.54 Å². The maximum absolute atomic E-state index is 11.2. The van der Waals surface area contributed by atoms with Gasteiger partial charge in [-0.15, -0.1) is 0 Å². The van der Waals surface area contributed by atoms with Crippen molar-refractivity contribution < 1.29 is 9.53 Å². The molecule has 2 atom stereocenters. The first-order valence-electron chi connectivity index (χ1n) is 5.01. The van der Waals surface area contributed by atoms with Crippen molar-refractivity contribution in [1.82, 2.24) is 5.32 Å². The van der Waals surface area contributed by atoms with Crippen LogP contribution in [-0.4, -0.2) is 37.2 Å². The van der Waals surface area contributed by atoms with Gasteiger partial charge in [-0.3, -0.25) is 4.79 Å². The van der Waals surface area contributed by atoms with Gasteiger partial charge in [-0.2, -0.15) is 11.8 Å². The summed E-state index contributed by atoms with van der Waals surface area (Å²) >= 11 is 1.82. The monoisotopic (exact) mass is 219 g/mol. The first kappa shape index (κ1) is 13.8. The molecule has 0 aliphatic heterocycles. The molecule has 0 aromatic carbocycles. The summed E-state index contributed by atoms with van der Waals surface area (Å²) in [7, 11) is 0. The standard InChI is InChI=1S/C10H21NO2S/c1-5-13-10(12)8(2)6-11-7-9(3)14-4/h8-9,11H,5-7H2,1-4H3. The fraction of sp³-hybridized carbons (Fsp3) is 0.900. The van der Waals surface area contributed by atoms with Crippen molar-refractivity contribution in [2.75, 3.05) is 26.0 Å². The summed E-state index contributed by atoms with van der Waals surface area (Å²) in [6.45, 7) is 7.97. The first-order valence-corrected chi connectivity index (χ1v) is 6.30. The number of hydrogen-bond acceptors (Lipinski definition) is 4. The fourth-order valence-electron chi connectivity index (χ4n) is 0.954. The summed E-state index contributed by atoms with van der Waals surface area (Å²) in [6.07, 6.45) is 2.08. The molecular weight excluding hydrogens is 198 g/mol. The normalized spacial score (nSPS) is 14.9. The Labute approximate surface area is 91.0 Å². The van der Waals surface area contributed by atoms with Gasteiger partial charge >= 0.3 is 5.97 Å². The number of nitrogens with one attached hydrogen (secondary N) is 1. The first-order chi connectivity index (χ1) is 6.61. The highest BCUT2D eigenvalue weighted by atomic mass is 32.2. The zero-order chi connectivity index (χ0) is 11.0. The summed E-state index contributed by atoms with van der Waals surface area (Å²) in [5.41, 5.74) is 0. The van der Waals surface area contributed by atoms with E-state index in [0.29, 0.717) is 18.4 Å². The van der Waals surface area contributed by atoms with E-state index in [1.54, 1.807) is 0 Å². The third-order valence-corrected chi connectivity index (χ3v) is 2.95. The van der Waals surface area contributed by atoms with Gasteiger partial charge < -0.3 is 10.1 Å². The Balaban J connectivity index is 3.52. The Hall–Kier alpha value is -0.220. The second kappa shape index (κ2) is 8.12. The third kappa shape index (κ3) is 6.27. The van der Waals surface area contributed by atoms with Crippen molar-refractivity contribution in [1.29, 1.82) is 0 Å². The van der Waals surface area contributed by atoms with E-state index in [4.69, 9.17) is 4.74 Å². The van der Waals surface area contributed by atoms with Crippen molar-refractivity contribution in [3.63, 3.8) is 0 Å². The largest absolute Gasteiger partial charge is 0.466 e. The topological polar surface area (TPSA) is 38.3 Å². The van der Waals surface area contributed by atoms with Crippen LogP contribution in [0.1, 0.15) is 20.8 Å². The number of ether oxygens (including phenoxy) is 1. The highest BCUT2D eigenvalue weighted by molar-refractivity contribution is 7.99. The Morgan fingerprint density at radius 1 is 1.43 bits per heavy atom. The quantitative estimate of drug-likeness (QED) is 0.659. The second-order valence-electron chi connectivity index (χ2n) is 3.36. The maximum Gasteiger partial charge on any atom is 0.309 e. The molecule has 0 amide bonds. The van der Waals surface area contributed by atoms with Crippen LogP contribution in [0.25, 0.3) is 0 Å². The van der Waals surface area contributed by atoms with E-state index in [-0.39, 0.29) is 11.9 Å². The molecule has 3 nitrogen and oxygen atoms in total. The van der Waals surface area contributed by atoms with Crippen LogP contribution in [0.5, 0.6) is 0 Å². The Morgan fingerprint density at radius 3 is 2.57 bits per heavy atom. The van der Waals surface area contributed by atoms with Gasteiger partial charge in [0.05, 0.1) is 12.5 Å². The summed E-state index contributed by atoms with van der Waals surface area (Å²) < 4.78 is 4.90. The Kier molecular flexibility index (Phi) is 7.99. The third-order valence-electron chi connectivity index (χ3n) is 1.97. The van der Waals surface area contributed by atoms with Gasteiger partial charge in [0.25, 0.3) is 0 Å². The van der Waals surface area contributed by atoms with Crippen LogP contribution in [0.3, 0.4) is 0 Å². The van der Waals surface area contributed by atoms with Gasteiger partial charge in [0.15, 0.2) is 0 Å². The van der Waals surface area contributed by atoms with Gasteiger partial charge in [0, 0.05) is 18.3 Å². The molecule has 0 spiro atoms. The van der Waals surface area contributed by atoms with E-state index in [1.807, 2.05) is 25.6 Å². The molecule has 0 saturated heterocycles. The lowest BCUT2D eigenvalue weighted by atomic mass is 10.2. The smallest absolute Gasteiger partial charge is 0.309 e. The molecule has 84 valence electrons. The Morgan fingerprint density at radius 2 is 2.07 bits per heavy atom. The molecule has 4 heteroatoms. The van der Waals surface area contributed by atoms with Crippen molar-refractivity contribution in [2.24, 2.45) is 5.92 Å². The summed E-state index contributed by atoms with van der Waals surface area (Å²) in [6, 6.07) is 0. The van der Waals surface area contributed by atoms with Crippen LogP contribution in [0.4, 0.5) is 0 Å². The molecule has 0 heterocycles. The van der Waals surface area contributed by atoms with Crippen LogP contribution < -0.4 is 5.32 Å². The number of carbonyl (C=O) groups excluding carboxylic acids is 1. The van der Waals surface area contributed by atoms with Crippen molar-refractivity contribution in [3.05, 3.63) is 0 Å². The molecular formula is C10H21NO2S. The molecule has 0 aliphatic rings. The number of thioether (sulfide) groups is 1. The van der Waals surface area contributed by atoms with E-state index >= 15 is 0 Å². The van der Waals surface area contributed by atoms with E-state index in [9.17, 15) is 4.79 Å². The average molecular weight is 219 g/mol. The van der Waals surface area contributed by atoms with Crippen molar-refractivity contribution in [3.8, 4) is 0 Å². The molecule has 0 aromatic rings. The molecule has 2 unspecified atom stereocenters. The lowest BCUT2D eigenvalue weighted by molar-refractivity contribution is -0.147. The van der Waals surface area contributed by atoms with Gasteiger partial charge in [0.1, 0.15) is 0 Å². The van der Waals surface area contributed by atoms with Crippen LogP contribution in [0, 0.1) is 5.92 Å². The van der Waals surface area contributed by atoms with Gasteiger partial charge in [-0.05, 0) is 13.2 Å². The van der Waals surface area contributed by atoms with Gasteiger partial charge in [-0.25, -0.2) is 0 Å². The van der Waals surface area contributed by atoms with Crippen molar-refractivity contribution in [2.45, 2.75) is 26.0 Å². The second-order valence-corrected chi connectivity index (χ2v) is 4.63. The molecule has 0 bridgehead atoms. The van der Waals surface area contributed by atoms with E-state index in [1.165, 1.54) is 0 Å². The van der Waals surface area contributed by atoms with Crippen LogP contribution >= 0.6 is 11.8 Å². The summed E-state index contributed by atoms with van der Waals surface area (Å²) in [4.78, 5) is 11.2. The van der Waals surface area contributed by atoms with Crippen molar-refractivity contribution >= 4 is 17.7 Å². The minimum atomic E-state index is -0.114. The predicted molar refractivity (Wildman–Crippen MR) is 61.6 cm³/mol. The SMILES string of the molecule is CCOC(=O)C(C)CNCC(C)SC. The molecule has 1 N–H and O–H groups in total. The number of hydrogen-bond donors (Lipinski definition) is 1. The van der Waals surface area contributed by atoms with Gasteiger partial charge in [-0.1, -0.05) is 13.8 Å². The van der Waals surface area contributed by atoms with Crippen LogP contribution in [-0.2, 0) is 9.53 Å². The Bertz CT molecular complexity index is 164. The lowest BCUT2D eigenvalue weighted by Gasteiger charge is -2.13. The van der Waals surface area contributed by atoms with Gasteiger partial charge in [0.2, 0.25) is 0 Å². The molecule has 0 saturated carbocycles. The number of esters is 1. The molecule has 0 radical (unpaired) electrons. The minimum Gasteiger partial charge on any atom is -0.466 e. The van der Waals surface area contributed by atoms with E-state index in [2.05, 4.69) is 18.5 Å². The molecule has 0 fully saturated rings. The van der Waals surface area contributed by atoms with E-state index < -0.39 is 0 Å². The zero-order valence-electron chi connectivity index (χ0n) is 9.50. The number of rotatable bonds is 7. The molecule has 14 heavy (non-hydrogen) atoms. The fourth-order valence-corrected chi connectivity index (χ4v) is 1.24. The predicted octanol–water partition coefficient (Wildman–Crippen LogP) is 1.53. The molecule has 0 rings (SSSR count). The summed E-state index contributed by atoms with van der Waals surface area (Å²) in [5.74, 6) is -0.166. The van der Waals surface area contributed by atoms with Crippen LogP contribution in [0.2, 0.25) is 0 Å². The highest BCUT2D eigenvalue weighted by Gasteiger charge is 2.13. The van der Waals surface area contributed by atoms with Crippen LogP contribution in [0.15, 0.2) is 0 Å². The summed E-state index contributed by atoms with van der Waals surface area (Å²) in [5, 5.41) is 3.84. The zero-order valence-corrected chi connectivity index (χ0v) is 10.3. The minimum absolute atomic E-state index is 0.0518. The molecule has 0 aromatic heterocycles. The average Bonchev–Trinajstić information content (AvgIpc) is 2.17. The lowest BCUT2D eigenvalue weighted by Crippen LogP contribution is -2.31. The molecule has 0 aliphatic carbocycles. The number of carbonyl (C=O) groups is 1. The highest BCUT2D eigenvalue weighted by Crippen LogP contribution is 2.03.